The van der Waals surface area contributed by atoms with Gasteiger partial charge < -0.3 is 41.7 Å². The standard InChI is InChI=1S/3C14H21NO.C13H19NO2.C13H19NO.C13H18O2.C11H17NOS.C10H16N2OS/c1-10(2)14(16)13-7-5-12(6-8-13)9-15-11(3)4;1-10(2)14(16)9-12-5-7-13(8-6-12)15-11(3)4;1-10(2)14(16)13-7-5-6-12(8-13)9-15-11(3)4;1-8(2)13(16)10-5-6-12(15)11(7-10)14-9(3)4;1-9(2)13(15)11-6-5-7-12(8-11)14-10(3)4;1-9(2)13(14)11-6-5-7-12(8-11)15-10(3)4;1-7(2)5-9-6-14-11(12-9)10(13)8(3)4;1-6(2)9(13)10-11-5-8(14-10)12-7(3)4/h3*5-8,10-11,15H,9H2,1-4H3;5-9,14-15H,1-4H3;5-10,14H,1-4H3;5-10H,1-4H3;6-8H,5H2,1-4H3;5-7,12H,1-4H3. The monoisotopic (exact) mass is 1710 g/mol. The molecule has 0 bridgehead atoms. The maximum absolute atomic E-state index is 11.8. The Balaban J connectivity index is 0.000000697. The van der Waals surface area contributed by atoms with Gasteiger partial charge in [-0.2, -0.15) is 0 Å². The van der Waals surface area contributed by atoms with E-state index in [1.54, 1.807) is 24.4 Å². The van der Waals surface area contributed by atoms with E-state index in [1.807, 2.05) is 265 Å². The molecular weight excluding hydrogens is 1560 g/mol. The number of ether oxygens (including phenoxy) is 1. The van der Waals surface area contributed by atoms with Gasteiger partial charge in [0.2, 0.25) is 0 Å². The zero-order valence-corrected chi connectivity index (χ0v) is 81.5. The van der Waals surface area contributed by atoms with E-state index >= 15 is 0 Å². The maximum Gasteiger partial charge on any atom is 0.193 e. The highest BCUT2D eigenvalue weighted by molar-refractivity contribution is 7.17. The number of phenols is 1. The second-order valence-corrected chi connectivity index (χ2v) is 37.5. The minimum Gasteiger partial charge on any atom is -0.506 e. The highest BCUT2D eigenvalue weighted by Crippen LogP contribution is 2.28. The van der Waals surface area contributed by atoms with Crippen molar-refractivity contribution in [3.05, 3.63) is 211 Å². The fraction of sp³-hybridized carbons (Fsp3) is 0.510. The molecule has 7 N–H and O–H groups in total. The lowest BCUT2D eigenvalue weighted by Crippen LogP contribution is -2.22. The molecule has 0 saturated heterocycles. The number of aromatic hydroxyl groups is 1. The van der Waals surface area contributed by atoms with Gasteiger partial charge in [0.1, 0.15) is 22.3 Å². The molecule has 672 valence electrons. The Morgan fingerprint density at radius 3 is 1.23 bits per heavy atom. The largest absolute Gasteiger partial charge is 0.506 e. The quantitative estimate of drug-likeness (QED) is 0.0144. The number of carbonyl (C=O) groups is 8. The van der Waals surface area contributed by atoms with Crippen LogP contribution in [0.15, 0.2) is 151 Å². The van der Waals surface area contributed by atoms with Crippen molar-refractivity contribution in [3.63, 3.8) is 0 Å². The summed E-state index contributed by atoms with van der Waals surface area (Å²) in [6.45, 7) is 65.4. The summed E-state index contributed by atoms with van der Waals surface area (Å²) in [7, 11) is 0. The highest BCUT2D eigenvalue weighted by Gasteiger charge is 2.20. The Hall–Kier alpha value is -9.34. The molecule has 8 aromatic rings. The van der Waals surface area contributed by atoms with Crippen molar-refractivity contribution in [3.8, 4) is 11.5 Å². The summed E-state index contributed by atoms with van der Waals surface area (Å²) in [4.78, 5) is 102. The van der Waals surface area contributed by atoms with Crippen molar-refractivity contribution < 1.29 is 48.2 Å². The van der Waals surface area contributed by atoms with Gasteiger partial charge in [-0.25, -0.2) is 9.97 Å². The molecule has 0 saturated carbocycles. The second-order valence-electron chi connectivity index (χ2n) is 35.6. The molecule has 0 amide bonds. The Morgan fingerprint density at radius 2 is 0.779 bits per heavy atom. The second kappa shape index (κ2) is 57.9. The van der Waals surface area contributed by atoms with Crippen molar-refractivity contribution in [2.45, 2.75) is 290 Å². The summed E-state index contributed by atoms with van der Waals surface area (Å²) in [5.41, 5.74) is 11.0. The molecule has 20 heteroatoms. The van der Waals surface area contributed by atoms with E-state index in [0.717, 1.165) is 75.1 Å². The highest BCUT2D eigenvalue weighted by atomic mass is 32.1. The van der Waals surface area contributed by atoms with Crippen LogP contribution in [-0.4, -0.2) is 104 Å². The summed E-state index contributed by atoms with van der Waals surface area (Å²) < 4.78 is 5.53. The number of nitrogens with zero attached hydrogens (tertiary/aromatic N) is 2. The summed E-state index contributed by atoms with van der Waals surface area (Å²) in [6.07, 6.45) is 3.36. The number of ketones is 8. The number of carbonyl (C=O) groups excluding carboxylic acids is 8. The van der Waals surface area contributed by atoms with Gasteiger partial charge in [-0.1, -0.05) is 243 Å². The normalized spacial score (nSPS) is 11.0. The van der Waals surface area contributed by atoms with Crippen LogP contribution in [-0.2, 0) is 30.7 Å². The fourth-order valence-electron chi connectivity index (χ4n) is 10.8. The Bertz CT molecular complexity index is 4280. The van der Waals surface area contributed by atoms with Crippen LogP contribution in [0.3, 0.4) is 0 Å². The van der Waals surface area contributed by atoms with Gasteiger partial charge in [-0.05, 0) is 159 Å². The molecule has 0 atom stereocenters. The van der Waals surface area contributed by atoms with E-state index in [0.29, 0.717) is 69.6 Å². The smallest absolute Gasteiger partial charge is 0.193 e. The van der Waals surface area contributed by atoms with E-state index in [2.05, 4.69) is 125 Å². The lowest BCUT2D eigenvalue weighted by atomic mass is 9.99. The van der Waals surface area contributed by atoms with Crippen LogP contribution in [0, 0.1) is 53.3 Å². The number of thiazole rings is 2. The first-order valence-corrected chi connectivity index (χ1v) is 45.3. The summed E-state index contributed by atoms with van der Waals surface area (Å²) >= 11 is 2.89. The number of hydrogen-bond acceptors (Lipinski definition) is 20. The molecule has 0 aliphatic rings. The Morgan fingerprint density at radius 1 is 0.369 bits per heavy atom. The first-order chi connectivity index (χ1) is 56.9. The minimum absolute atomic E-state index is 0.0213. The topological polar surface area (TPSA) is 264 Å². The lowest BCUT2D eigenvalue weighted by molar-refractivity contribution is -0.121. The van der Waals surface area contributed by atoms with E-state index in [1.165, 1.54) is 33.8 Å². The van der Waals surface area contributed by atoms with Crippen molar-refractivity contribution >= 4 is 91.0 Å². The van der Waals surface area contributed by atoms with E-state index in [-0.39, 0.29) is 106 Å². The average molecular weight is 1710 g/mol. The number of nitrogens with one attached hydrogen (secondary N) is 6. The van der Waals surface area contributed by atoms with Crippen LogP contribution in [0.5, 0.6) is 11.5 Å². The van der Waals surface area contributed by atoms with Gasteiger partial charge in [0.05, 0.1) is 23.7 Å². The van der Waals surface area contributed by atoms with Crippen molar-refractivity contribution in [1.29, 1.82) is 0 Å². The third-order valence-electron chi connectivity index (χ3n) is 17.3. The number of phenolic OH excluding ortho intramolecular Hbond substituents is 1. The summed E-state index contributed by atoms with van der Waals surface area (Å²) in [5.74, 6) is 3.34. The van der Waals surface area contributed by atoms with Crippen molar-refractivity contribution in [2.75, 3.05) is 21.3 Å². The zero-order chi connectivity index (χ0) is 93.0. The van der Waals surface area contributed by atoms with Gasteiger partial charge in [-0.3, -0.25) is 38.4 Å². The number of anilines is 4. The number of benzene rings is 6. The Labute approximate surface area is 742 Å². The molecule has 0 aliphatic carbocycles. The van der Waals surface area contributed by atoms with Gasteiger partial charge in [0.25, 0.3) is 0 Å². The van der Waals surface area contributed by atoms with Gasteiger partial charge in [0, 0.05) is 148 Å². The number of rotatable bonds is 35. The number of Topliss-reactive ketones (excluding diaryl/α,β-unsaturated/α-hetero) is 8. The SMILES string of the molecule is CC(C)Cc1csc(C(=O)C(C)C)n1.CC(C)NCc1ccc(C(=O)C(C)C)cc1.CC(C)NCc1cccc(C(=O)C(C)C)c1.CC(C)Nc1cc(C(=O)C(C)C)ccc1O.CC(C)Nc1ccc(CC(=O)C(C)C)cc1.CC(C)Nc1cccc(C(=O)C(C)C)c1.CC(C)Nc1cnc(C(=O)C(C)C)s1.CC(C)Oc1cccc(C(=O)C(C)C)c1. The third kappa shape index (κ3) is 46.2. The molecular formula is C102H152N8O10S2. The van der Waals surface area contributed by atoms with Crippen LogP contribution in [0.4, 0.5) is 22.1 Å². The van der Waals surface area contributed by atoms with Crippen molar-refractivity contribution in [2.24, 2.45) is 53.3 Å². The third-order valence-corrected chi connectivity index (χ3v) is 19.2. The molecule has 0 unspecified atom stereocenters. The van der Waals surface area contributed by atoms with Crippen LogP contribution in [0.1, 0.15) is 315 Å². The van der Waals surface area contributed by atoms with E-state index in [4.69, 9.17) is 4.74 Å². The predicted octanol–water partition coefficient (Wildman–Crippen LogP) is 25.0. The zero-order valence-electron chi connectivity index (χ0n) is 79.8. The molecule has 2 aromatic heterocycles. The minimum atomic E-state index is -0.0311. The predicted molar refractivity (Wildman–Crippen MR) is 516 cm³/mol. The molecule has 0 radical (unpaired) electrons. The molecule has 0 aliphatic heterocycles. The van der Waals surface area contributed by atoms with Crippen LogP contribution in [0.25, 0.3) is 0 Å². The summed E-state index contributed by atoms with van der Waals surface area (Å²) in [6, 6.07) is 46.2. The van der Waals surface area contributed by atoms with Gasteiger partial charge >= 0.3 is 0 Å². The van der Waals surface area contributed by atoms with Crippen LogP contribution in [0.2, 0.25) is 0 Å². The van der Waals surface area contributed by atoms with Gasteiger partial charge in [-0.15, -0.1) is 11.3 Å². The van der Waals surface area contributed by atoms with Crippen LogP contribution < -0.4 is 36.6 Å². The summed E-state index contributed by atoms with van der Waals surface area (Å²) in [5, 5.41) is 33.5. The molecule has 0 fully saturated rings. The van der Waals surface area contributed by atoms with Crippen molar-refractivity contribution in [1.82, 2.24) is 20.6 Å². The number of hydrogen-bond donors (Lipinski definition) is 7. The first-order valence-electron chi connectivity index (χ1n) is 43.6. The Kier molecular flexibility index (Phi) is 52.5. The average Bonchev–Trinajstić information content (AvgIpc) is 1.70. The molecule has 122 heavy (non-hydrogen) atoms. The molecule has 0 spiro atoms. The van der Waals surface area contributed by atoms with Crippen LogP contribution >= 0.6 is 22.7 Å². The van der Waals surface area contributed by atoms with E-state index < -0.39 is 0 Å². The maximum atomic E-state index is 11.8. The van der Waals surface area contributed by atoms with Gasteiger partial charge in [0.15, 0.2) is 50.5 Å². The molecule has 8 rings (SSSR count). The molecule has 18 nitrogen and oxygen atoms in total. The molecule has 6 aromatic carbocycles. The van der Waals surface area contributed by atoms with E-state index in [9.17, 15) is 43.5 Å². The fourth-order valence-corrected chi connectivity index (χ4v) is 12.7. The first kappa shape index (κ1) is 111. The number of aromatic nitrogens is 2. The molecule has 2 heterocycles. The lowest BCUT2D eigenvalue weighted by Gasteiger charge is -2.13.